The summed E-state index contributed by atoms with van der Waals surface area (Å²) in [5.41, 5.74) is 0. The molecule has 0 amide bonds. The maximum Gasteiger partial charge on any atom is 0.191 e. The highest BCUT2D eigenvalue weighted by Gasteiger charge is 2.26. The Labute approximate surface area is 175 Å². The number of ether oxygens (including phenoxy) is 1. The van der Waals surface area contributed by atoms with Gasteiger partial charge in [0.2, 0.25) is 0 Å². The van der Waals surface area contributed by atoms with E-state index < -0.39 is 0 Å². The maximum absolute atomic E-state index is 5.75. The summed E-state index contributed by atoms with van der Waals surface area (Å²) in [6, 6.07) is 4.75. The zero-order valence-corrected chi connectivity index (χ0v) is 18.4. The van der Waals surface area contributed by atoms with E-state index in [0.717, 1.165) is 70.7 Å². The average Bonchev–Trinajstić information content (AvgIpc) is 3.43. The van der Waals surface area contributed by atoms with Crippen molar-refractivity contribution in [3.05, 3.63) is 24.2 Å². The van der Waals surface area contributed by atoms with Crippen molar-refractivity contribution in [2.75, 3.05) is 59.0 Å². The molecule has 29 heavy (non-hydrogen) atoms. The van der Waals surface area contributed by atoms with Crippen LogP contribution < -0.4 is 10.6 Å². The maximum atomic E-state index is 5.75. The van der Waals surface area contributed by atoms with Gasteiger partial charge in [-0.3, -0.25) is 14.8 Å². The first-order valence-electron chi connectivity index (χ1n) is 11.3. The molecule has 3 heterocycles. The molecule has 2 aliphatic rings. The number of nitrogens with one attached hydrogen (secondary N) is 2. The monoisotopic (exact) mass is 405 g/mol. The lowest BCUT2D eigenvalue weighted by Gasteiger charge is -2.36. The number of morpholine rings is 1. The molecule has 0 spiro atoms. The molecule has 0 aromatic carbocycles. The molecule has 3 rings (SSSR count). The van der Waals surface area contributed by atoms with Crippen LogP contribution in [-0.2, 0) is 4.74 Å². The minimum Gasteiger partial charge on any atom is -0.468 e. The normalized spacial score (nSPS) is 21.4. The number of furan rings is 1. The average molecular weight is 406 g/mol. The van der Waals surface area contributed by atoms with Gasteiger partial charge in [-0.1, -0.05) is 13.8 Å². The predicted octanol–water partition coefficient (Wildman–Crippen LogP) is 2.33. The Kier molecular flexibility index (Phi) is 8.83. The van der Waals surface area contributed by atoms with E-state index in [-0.39, 0.29) is 6.04 Å². The molecule has 164 valence electrons. The molecule has 2 saturated heterocycles. The van der Waals surface area contributed by atoms with E-state index in [2.05, 4.69) is 47.3 Å². The second-order valence-corrected chi connectivity index (χ2v) is 8.33. The summed E-state index contributed by atoms with van der Waals surface area (Å²) in [6.45, 7) is 15.0. The first-order valence-corrected chi connectivity index (χ1v) is 11.3. The van der Waals surface area contributed by atoms with Crippen LogP contribution in [0.25, 0.3) is 0 Å². The van der Waals surface area contributed by atoms with E-state index in [1.54, 1.807) is 6.26 Å². The van der Waals surface area contributed by atoms with Crippen LogP contribution in [-0.4, -0.2) is 80.8 Å². The molecule has 2 fully saturated rings. The van der Waals surface area contributed by atoms with E-state index in [1.165, 1.54) is 12.8 Å². The van der Waals surface area contributed by atoms with Crippen LogP contribution >= 0.6 is 0 Å². The van der Waals surface area contributed by atoms with Gasteiger partial charge < -0.3 is 19.8 Å². The van der Waals surface area contributed by atoms with Gasteiger partial charge in [0.25, 0.3) is 0 Å². The van der Waals surface area contributed by atoms with Crippen LogP contribution in [0.2, 0.25) is 0 Å². The van der Waals surface area contributed by atoms with Gasteiger partial charge in [0, 0.05) is 32.2 Å². The molecule has 0 radical (unpaired) electrons. The quantitative estimate of drug-likeness (QED) is 0.486. The third kappa shape index (κ3) is 6.46. The lowest BCUT2D eigenvalue weighted by atomic mass is 10.0. The van der Waals surface area contributed by atoms with Gasteiger partial charge in [-0.25, -0.2) is 0 Å². The van der Waals surface area contributed by atoms with Crippen molar-refractivity contribution in [2.45, 2.75) is 45.7 Å². The number of aliphatic imine (C=N–C) groups is 1. The number of nitrogens with zero attached hydrogens (tertiary/aromatic N) is 3. The third-order valence-corrected chi connectivity index (χ3v) is 5.98. The van der Waals surface area contributed by atoms with Crippen LogP contribution in [0.15, 0.2) is 27.8 Å². The smallest absolute Gasteiger partial charge is 0.191 e. The summed E-state index contributed by atoms with van der Waals surface area (Å²) < 4.78 is 11.3. The minimum atomic E-state index is 0.247. The Morgan fingerprint density at radius 3 is 2.48 bits per heavy atom. The van der Waals surface area contributed by atoms with Gasteiger partial charge in [0.15, 0.2) is 5.96 Å². The van der Waals surface area contributed by atoms with Crippen molar-refractivity contribution < 1.29 is 9.15 Å². The minimum absolute atomic E-state index is 0.247. The highest BCUT2D eigenvalue weighted by molar-refractivity contribution is 5.79. The van der Waals surface area contributed by atoms with E-state index >= 15 is 0 Å². The number of guanidine groups is 1. The first kappa shape index (κ1) is 22.1. The number of rotatable bonds is 9. The number of hydrogen-bond acceptors (Lipinski definition) is 5. The predicted molar refractivity (Wildman–Crippen MR) is 117 cm³/mol. The Morgan fingerprint density at radius 2 is 1.86 bits per heavy atom. The van der Waals surface area contributed by atoms with Crippen molar-refractivity contribution >= 4 is 5.96 Å². The zero-order chi connectivity index (χ0) is 20.5. The summed E-state index contributed by atoms with van der Waals surface area (Å²) in [4.78, 5) is 9.99. The molecule has 7 nitrogen and oxygen atoms in total. The number of likely N-dealkylation sites (tertiary alicyclic amines) is 1. The lowest BCUT2D eigenvalue weighted by molar-refractivity contribution is 0.00867. The van der Waals surface area contributed by atoms with Crippen LogP contribution in [0.5, 0.6) is 0 Å². The van der Waals surface area contributed by atoms with Crippen molar-refractivity contribution in [3.63, 3.8) is 0 Å². The molecule has 2 N–H and O–H groups in total. The van der Waals surface area contributed by atoms with Crippen LogP contribution in [0.3, 0.4) is 0 Å². The fourth-order valence-corrected chi connectivity index (χ4v) is 4.32. The molecule has 2 unspecified atom stereocenters. The highest BCUT2D eigenvalue weighted by atomic mass is 16.5. The first-order chi connectivity index (χ1) is 14.2. The van der Waals surface area contributed by atoms with Gasteiger partial charge in [0.1, 0.15) is 5.76 Å². The van der Waals surface area contributed by atoms with E-state index in [1.807, 2.05) is 6.07 Å². The van der Waals surface area contributed by atoms with Crippen LogP contribution in [0.4, 0.5) is 0 Å². The summed E-state index contributed by atoms with van der Waals surface area (Å²) in [7, 11) is 0. The Balaban J connectivity index is 1.62. The van der Waals surface area contributed by atoms with E-state index in [0.29, 0.717) is 12.0 Å². The van der Waals surface area contributed by atoms with Crippen molar-refractivity contribution in [3.8, 4) is 0 Å². The van der Waals surface area contributed by atoms with Gasteiger partial charge in [-0.15, -0.1) is 0 Å². The second kappa shape index (κ2) is 11.6. The summed E-state index contributed by atoms with van der Waals surface area (Å²) in [6.07, 6.45) is 4.30. The standard InChI is InChI=1S/C22H39N5O2/c1-4-23-22(24-16-19(18(2)3)27-11-14-28-15-12-27)25-17-20(21-8-7-13-29-21)26-9-5-6-10-26/h7-8,13,18-20H,4-6,9-12,14-17H2,1-3H3,(H2,23,24,25). The fraction of sp³-hybridized carbons (Fsp3) is 0.773. The largest absolute Gasteiger partial charge is 0.468 e. The molecule has 1 aromatic heterocycles. The SMILES string of the molecule is CCNC(=NCC(C(C)C)N1CCOCC1)NCC(c1ccco1)N1CCCC1. The van der Waals surface area contributed by atoms with Crippen LogP contribution in [0.1, 0.15) is 45.4 Å². The van der Waals surface area contributed by atoms with Gasteiger partial charge >= 0.3 is 0 Å². The molecular weight excluding hydrogens is 366 g/mol. The second-order valence-electron chi connectivity index (χ2n) is 8.33. The molecule has 0 bridgehead atoms. The Hall–Kier alpha value is -1.57. The molecule has 1 aromatic rings. The summed E-state index contributed by atoms with van der Waals surface area (Å²) in [5, 5.41) is 6.99. The Morgan fingerprint density at radius 1 is 1.10 bits per heavy atom. The zero-order valence-electron chi connectivity index (χ0n) is 18.4. The van der Waals surface area contributed by atoms with Gasteiger partial charge in [0.05, 0.1) is 32.1 Å². The van der Waals surface area contributed by atoms with Crippen molar-refractivity contribution in [1.82, 2.24) is 20.4 Å². The van der Waals surface area contributed by atoms with Crippen LogP contribution in [0, 0.1) is 5.92 Å². The lowest BCUT2D eigenvalue weighted by Crippen LogP contribution is -2.48. The number of hydrogen-bond donors (Lipinski definition) is 2. The molecule has 7 heteroatoms. The van der Waals surface area contributed by atoms with Gasteiger partial charge in [-0.05, 0) is 50.9 Å². The van der Waals surface area contributed by atoms with E-state index in [4.69, 9.17) is 14.1 Å². The topological polar surface area (TPSA) is 65.3 Å². The fourth-order valence-electron chi connectivity index (χ4n) is 4.32. The molecule has 0 aliphatic carbocycles. The Bertz CT molecular complexity index is 592. The molecule has 2 atom stereocenters. The molecule has 2 aliphatic heterocycles. The highest BCUT2D eigenvalue weighted by Crippen LogP contribution is 2.24. The summed E-state index contributed by atoms with van der Waals surface area (Å²) in [5.74, 6) is 2.48. The molecular formula is C22H39N5O2. The molecule has 0 saturated carbocycles. The van der Waals surface area contributed by atoms with Crippen molar-refractivity contribution in [1.29, 1.82) is 0 Å². The third-order valence-electron chi connectivity index (χ3n) is 5.98. The van der Waals surface area contributed by atoms with E-state index in [9.17, 15) is 0 Å². The summed E-state index contributed by atoms with van der Waals surface area (Å²) >= 11 is 0. The van der Waals surface area contributed by atoms with Gasteiger partial charge in [-0.2, -0.15) is 0 Å². The van der Waals surface area contributed by atoms with Crippen molar-refractivity contribution in [2.24, 2.45) is 10.9 Å².